The van der Waals surface area contributed by atoms with Gasteiger partial charge in [-0.1, -0.05) is 0 Å². The first kappa shape index (κ1) is 5.59. The van der Waals surface area contributed by atoms with Gasteiger partial charge >= 0.3 is 0 Å². The molecule has 0 aliphatic carbocycles. The summed E-state index contributed by atoms with van der Waals surface area (Å²) in [6.07, 6.45) is 1.78. The van der Waals surface area contributed by atoms with E-state index < -0.39 is 11.9 Å². The predicted octanol–water partition coefficient (Wildman–Crippen LogP) is -0.400. The van der Waals surface area contributed by atoms with Gasteiger partial charge in [-0.2, -0.15) is 0 Å². The third-order valence-corrected chi connectivity index (χ3v) is 1.12. The van der Waals surface area contributed by atoms with E-state index in [2.05, 4.69) is 4.74 Å². The van der Waals surface area contributed by atoms with Crippen LogP contribution in [0.4, 0.5) is 0 Å². The monoisotopic (exact) mass is 116 g/mol. The maximum atomic E-state index is 8.93. The van der Waals surface area contributed by atoms with Gasteiger partial charge in [0.15, 0.2) is 0 Å². The van der Waals surface area contributed by atoms with Crippen molar-refractivity contribution in [1.29, 1.82) is 0 Å². The molecule has 0 saturated heterocycles. The molecule has 0 amide bonds. The highest BCUT2D eigenvalue weighted by molar-refractivity contribution is 4.97. The second kappa shape index (κ2) is 1.47. The molecule has 1 heterocycles. The molecule has 0 aromatic heterocycles. The molecule has 3 heteroatoms. The number of ether oxygens (including phenoxy) is 1. The smallest absolute Gasteiger partial charge is 0.234 e. The van der Waals surface area contributed by atoms with E-state index in [1.165, 1.54) is 19.3 Å². The molecule has 2 unspecified atom stereocenters. The quantitative estimate of drug-likeness (QED) is 0.452. The van der Waals surface area contributed by atoms with Gasteiger partial charge in [0, 0.05) is 6.92 Å². The lowest BCUT2D eigenvalue weighted by atomic mass is 10.2. The lowest BCUT2D eigenvalue weighted by Gasteiger charge is -2.19. The average molecular weight is 116 g/mol. The van der Waals surface area contributed by atoms with Gasteiger partial charge in [0.2, 0.25) is 5.79 Å². The summed E-state index contributed by atoms with van der Waals surface area (Å²) in [6.45, 7) is 1.40. The van der Waals surface area contributed by atoms with Crippen LogP contribution in [0, 0.1) is 0 Å². The molecule has 3 nitrogen and oxygen atoms in total. The van der Waals surface area contributed by atoms with Gasteiger partial charge in [-0.05, 0) is 6.08 Å². The average Bonchev–Trinajstić information content (AvgIpc) is 1.86. The Balaban J connectivity index is 2.64. The summed E-state index contributed by atoms with van der Waals surface area (Å²) in [4.78, 5) is 0. The van der Waals surface area contributed by atoms with Crippen LogP contribution in [0.1, 0.15) is 6.92 Å². The molecule has 8 heavy (non-hydrogen) atoms. The Morgan fingerprint density at radius 3 is 2.50 bits per heavy atom. The van der Waals surface area contributed by atoms with Crippen molar-refractivity contribution >= 4 is 0 Å². The van der Waals surface area contributed by atoms with Crippen molar-refractivity contribution in [3.05, 3.63) is 12.3 Å². The third kappa shape index (κ3) is 0.700. The Morgan fingerprint density at radius 1 is 1.75 bits per heavy atom. The van der Waals surface area contributed by atoms with Crippen LogP contribution in [0.15, 0.2) is 12.3 Å². The fourth-order valence-corrected chi connectivity index (χ4v) is 0.500. The SMILES string of the molecule is CC1(O)OC=CC1O. The standard InChI is InChI=1S/C5H8O3/c1-5(7)4(6)2-3-8-5/h2-4,6-7H,1H3. The van der Waals surface area contributed by atoms with E-state index in [4.69, 9.17) is 10.2 Å². The minimum Gasteiger partial charge on any atom is -0.468 e. The van der Waals surface area contributed by atoms with E-state index in [-0.39, 0.29) is 0 Å². The van der Waals surface area contributed by atoms with Crippen LogP contribution in [-0.4, -0.2) is 22.1 Å². The first-order valence-electron chi connectivity index (χ1n) is 2.38. The summed E-state index contributed by atoms with van der Waals surface area (Å²) < 4.78 is 4.58. The predicted molar refractivity (Wildman–Crippen MR) is 26.9 cm³/mol. The Kier molecular flexibility index (Phi) is 1.03. The second-order valence-electron chi connectivity index (χ2n) is 1.95. The first-order valence-corrected chi connectivity index (χ1v) is 2.38. The first-order chi connectivity index (χ1) is 3.63. The van der Waals surface area contributed by atoms with Crippen LogP contribution < -0.4 is 0 Å². The maximum absolute atomic E-state index is 8.93. The minimum absolute atomic E-state index is 0.887. The number of hydrogen-bond acceptors (Lipinski definition) is 3. The molecule has 0 bridgehead atoms. The summed E-state index contributed by atoms with van der Waals surface area (Å²) in [5.41, 5.74) is 0. The van der Waals surface area contributed by atoms with Crippen LogP contribution in [0.2, 0.25) is 0 Å². The molecule has 0 fully saturated rings. The Labute approximate surface area is 47.2 Å². The van der Waals surface area contributed by atoms with Crippen molar-refractivity contribution in [3.63, 3.8) is 0 Å². The molecule has 2 N–H and O–H groups in total. The fourth-order valence-electron chi connectivity index (χ4n) is 0.500. The lowest BCUT2D eigenvalue weighted by molar-refractivity contribution is -0.185. The maximum Gasteiger partial charge on any atom is 0.234 e. The van der Waals surface area contributed by atoms with Crippen molar-refractivity contribution in [2.75, 3.05) is 0 Å². The zero-order valence-corrected chi connectivity index (χ0v) is 4.53. The number of aliphatic hydroxyl groups excluding tert-OH is 1. The van der Waals surface area contributed by atoms with Crippen molar-refractivity contribution in [1.82, 2.24) is 0 Å². The molecule has 1 aliphatic heterocycles. The molecular formula is C5H8O3. The lowest BCUT2D eigenvalue weighted by Crippen LogP contribution is -2.35. The largest absolute Gasteiger partial charge is 0.468 e. The van der Waals surface area contributed by atoms with Gasteiger partial charge in [0.25, 0.3) is 0 Å². The van der Waals surface area contributed by atoms with E-state index in [0.717, 1.165) is 0 Å². The van der Waals surface area contributed by atoms with E-state index in [0.29, 0.717) is 0 Å². The zero-order valence-electron chi connectivity index (χ0n) is 4.53. The Hall–Kier alpha value is -0.540. The van der Waals surface area contributed by atoms with Crippen molar-refractivity contribution in [2.45, 2.75) is 18.8 Å². The van der Waals surface area contributed by atoms with E-state index in [1.54, 1.807) is 0 Å². The zero-order chi connectivity index (χ0) is 6.20. The fraction of sp³-hybridized carbons (Fsp3) is 0.600. The van der Waals surface area contributed by atoms with E-state index in [9.17, 15) is 0 Å². The molecule has 1 aliphatic rings. The highest BCUT2D eigenvalue weighted by Gasteiger charge is 2.33. The molecule has 0 saturated carbocycles. The number of aliphatic hydroxyl groups is 2. The summed E-state index contributed by atoms with van der Waals surface area (Å²) >= 11 is 0. The van der Waals surface area contributed by atoms with Crippen molar-refractivity contribution in [3.8, 4) is 0 Å². The van der Waals surface area contributed by atoms with Gasteiger partial charge in [-0.25, -0.2) is 0 Å². The molecule has 0 aromatic rings. The van der Waals surface area contributed by atoms with Crippen LogP contribution in [0.25, 0.3) is 0 Å². The summed E-state index contributed by atoms with van der Waals surface area (Å²) in [6, 6.07) is 0. The van der Waals surface area contributed by atoms with Crippen LogP contribution in [-0.2, 0) is 4.74 Å². The highest BCUT2D eigenvalue weighted by atomic mass is 16.6. The highest BCUT2D eigenvalue weighted by Crippen LogP contribution is 2.18. The molecule has 1 rings (SSSR count). The third-order valence-electron chi connectivity index (χ3n) is 1.12. The van der Waals surface area contributed by atoms with Crippen LogP contribution in [0.5, 0.6) is 0 Å². The molecule has 0 radical (unpaired) electrons. The molecular weight excluding hydrogens is 108 g/mol. The molecule has 0 spiro atoms. The summed E-state index contributed by atoms with van der Waals surface area (Å²) in [5.74, 6) is -1.40. The van der Waals surface area contributed by atoms with Gasteiger partial charge in [0.05, 0.1) is 6.26 Å². The second-order valence-corrected chi connectivity index (χ2v) is 1.95. The van der Waals surface area contributed by atoms with E-state index in [1.807, 2.05) is 0 Å². The van der Waals surface area contributed by atoms with Crippen molar-refractivity contribution in [2.24, 2.45) is 0 Å². The Bertz CT molecular complexity index is 117. The molecule has 2 atom stereocenters. The number of rotatable bonds is 0. The van der Waals surface area contributed by atoms with Crippen molar-refractivity contribution < 1.29 is 14.9 Å². The van der Waals surface area contributed by atoms with Crippen LogP contribution in [0.3, 0.4) is 0 Å². The normalized spacial score (nSPS) is 44.6. The summed E-state index contributed by atoms with van der Waals surface area (Å²) in [5, 5.41) is 17.7. The minimum atomic E-state index is -1.40. The van der Waals surface area contributed by atoms with Gasteiger partial charge < -0.3 is 14.9 Å². The topological polar surface area (TPSA) is 49.7 Å². The molecule has 46 valence electrons. The molecule has 0 aromatic carbocycles. The number of hydrogen-bond donors (Lipinski definition) is 2. The Morgan fingerprint density at radius 2 is 2.38 bits per heavy atom. The van der Waals surface area contributed by atoms with E-state index >= 15 is 0 Å². The van der Waals surface area contributed by atoms with Gasteiger partial charge in [-0.15, -0.1) is 0 Å². The van der Waals surface area contributed by atoms with Gasteiger partial charge in [0.1, 0.15) is 6.10 Å². The summed E-state index contributed by atoms with van der Waals surface area (Å²) in [7, 11) is 0. The van der Waals surface area contributed by atoms with Gasteiger partial charge in [-0.3, -0.25) is 0 Å². The van der Waals surface area contributed by atoms with Crippen LogP contribution >= 0.6 is 0 Å².